The highest BCUT2D eigenvalue weighted by molar-refractivity contribution is 6.10. The third-order valence-corrected chi connectivity index (χ3v) is 3.35. The molecule has 0 fully saturated rings. The predicted molar refractivity (Wildman–Crippen MR) is 82.2 cm³/mol. The van der Waals surface area contributed by atoms with Crippen molar-refractivity contribution in [3.05, 3.63) is 29.5 Å². The molecule has 1 aromatic heterocycles. The molecule has 6 nitrogen and oxygen atoms in total. The van der Waals surface area contributed by atoms with Gasteiger partial charge in [-0.05, 0) is 19.9 Å². The first-order valence-electron chi connectivity index (χ1n) is 6.49. The van der Waals surface area contributed by atoms with Crippen LogP contribution in [0.15, 0.2) is 18.2 Å². The van der Waals surface area contributed by atoms with Gasteiger partial charge in [0.15, 0.2) is 0 Å². The summed E-state index contributed by atoms with van der Waals surface area (Å²) in [6.45, 7) is 5.01. The number of fused-ring (bicyclic) bond motifs is 1. The number of carbonyl (C=O) groups is 2. The van der Waals surface area contributed by atoms with Gasteiger partial charge in [0, 0.05) is 25.5 Å². The second-order valence-electron chi connectivity index (χ2n) is 4.46. The summed E-state index contributed by atoms with van der Waals surface area (Å²) in [6.07, 6.45) is 0. The summed E-state index contributed by atoms with van der Waals surface area (Å²) in [4.78, 5) is 25.4. The number of hydrogen-bond donors (Lipinski definition) is 1. The number of aromatic carboxylic acids is 1. The van der Waals surface area contributed by atoms with E-state index < -0.39 is 5.97 Å². The summed E-state index contributed by atoms with van der Waals surface area (Å²) in [5.74, 6) is -1.18. The smallest absolute Gasteiger partial charge is 0.337 e. The topological polar surface area (TPSA) is 75.4 Å². The molecule has 0 spiro atoms. The maximum absolute atomic E-state index is 12.5. The minimum atomic E-state index is -1.05. The van der Waals surface area contributed by atoms with Crippen molar-refractivity contribution in [3.63, 3.8) is 0 Å². The van der Waals surface area contributed by atoms with E-state index in [1.54, 1.807) is 24.1 Å². The predicted octanol–water partition coefficient (Wildman–Crippen LogP) is 2.18. The van der Waals surface area contributed by atoms with Crippen molar-refractivity contribution < 1.29 is 14.7 Å². The maximum atomic E-state index is 12.5. The van der Waals surface area contributed by atoms with Crippen LogP contribution in [0.2, 0.25) is 0 Å². The minimum Gasteiger partial charge on any atom is -0.478 e. The maximum Gasteiger partial charge on any atom is 0.337 e. The van der Waals surface area contributed by atoms with E-state index in [-0.39, 0.29) is 23.9 Å². The normalized spacial score (nSPS) is 10.2. The number of rotatable bonds is 4. The summed E-state index contributed by atoms with van der Waals surface area (Å²) >= 11 is 0. The molecule has 1 heterocycles. The number of benzene rings is 1. The van der Waals surface area contributed by atoms with Crippen molar-refractivity contribution in [1.82, 2.24) is 14.7 Å². The van der Waals surface area contributed by atoms with Gasteiger partial charge in [-0.1, -0.05) is 12.1 Å². The summed E-state index contributed by atoms with van der Waals surface area (Å²) in [7, 11) is 1.66. The Hall–Kier alpha value is -2.08. The van der Waals surface area contributed by atoms with E-state index in [4.69, 9.17) is 0 Å². The highest BCUT2D eigenvalue weighted by Gasteiger charge is 2.23. The molecule has 1 N–H and O–H groups in total. The second kappa shape index (κ2) is 6.58. The molecule has 2 rings (SSSR count). The Bertz CT molecular complexity index is 677. The number of carbonyl (C=O) groups excluding carboxylic acids is 1. The average Bonchev–Trinajstić information content (AvgIpc) is 2.75. The summed E-state index contributed by atoms with van der Waals surface area (Å²) in [6, 6.07) is 4.85. The van der Waals surface area contributed by atoms with E-state index in [9.17, 15) is 14.7 Å². The quantitative estimate of drug-likeness (QED) is 0.939. The first-order valence-corrected chi connectivity index (χ1v) is 6.49. The molecule has 0 saturated carbocycles. The number of nitrogens with zero attached hydrogens (tertiary/aromatic N) is 3. The van der Waals surface area contributed by atoms with Gasteiger partial charge in [0.25, 0.3) is 5.91 Å². The van der Waals surface area contributed by atoms with E-state index in [1.807, 2.05) is 13.8 Å². The highest BCUT2D eigenvalue weighted by Crippen LogP contribution is 2.22. The third-order valence-electron chi connectivity index (χ3n) is 3.35. The summed E-state index contributed by atoms with van der Waals surface area (Å²) in [5.41, 5.74) is 0.876. The van der Waals surface area contributed by atoms with E-state index >= 15 is 0 Å². The van der Waals surface area contributed by atoms with Crippen LogP contribution in [-0.2, 0) is 7.05 Å². The lowest BCUT2D eigenvalue weighted by atomic mass is 10.1. The van der Waals surface area contributed by atoms with Crippen LogP contribution in [0.4, 0.5) is 0 Å². The Labute approximate surface area is 128 Å². The van der Waals surface area contributed by atoms with Crippen LogP contribution in [0.5, 0.6) is 0 Å². The summed E-state index contributed by atoms with van der Waals surface area (Å²) < 4.78 is 1.46. The molecular formula is C14H18ClN3O3. The van der Waals surface area contributed by atoms with Gasteiger partial charge in [-0.3, -0.25) is 9.48 Å². The number of aromatic nitrogens is 2. The van der Waals surface area contributed by atoms with Crippen molar-refractivity contribution >= 4 is 35.2 Å². The molecule has 1 aromatic carbocycles. The molecule has 2 aromatic rings. The molecule has 21 heavy (non-hydrogen) atoms. The number of hydrogen-bond acceptors (Lipinski definition) is 3. The molecule has 0 unspecified atom stereocenters. The lowest BCUT2D eigenvalue weighted by Crippen LogP contribution is -2.32. The van der Waals surface area contributed by atoms with E-state index in [1.165, 1.54) is 10.7 Å². The number of amides is 1. The standard InChI is InChI=1S/C14H17N3O3.ClH/c1-4-17(5-2)13(18)12-9-7-6-8-10(14(19)20)11(9)15-16(12)3;/h6-8H,4-5H2,1-3H3,(H,19,20);1H. The molecule has 0 saturated heterocycles. The van der Waals surface area contributed by atoms with Gasteiger partial charge < -0.3 is 10.0 Å². The van der Waals surface area contributed by atoms with Crippen molar-refractivity contribution in [2.75, 3.05) is 13.1 Å². The first kappa shape index (κ1) is 17.0. The lowest BCUT2D eigenvalue weighted by Gasteiger charge is -2.18. The van der Waals surface area contributed by atoms with Crippen LogP contribution >= 0.6 is 12.4 Å². The molecule has 0 bridgehead atoms. The molecular weight excluding hydrogens is 294 g/mol. The monoisotopic (exact) mass is 311 g/mol. The Morgan fingerprint density at radius 1 is 1.29 bits per heavy atom. The van der Waals surface area contributed by atoms with Crippen LogP contribution < -0.4 is 0 Å². The van der Waals surface area contributed by atoms with Gasteiger partial charge in [0.1, 0.15) is 11.2 Å². The molecule has 0 aliphatic rings. The Morgan fingerprint density at radius 3 is 2.43 bits per heavy atom. The molecule has 1 amide bonds. The van der Waals surface area contributed by atoms with E-state index in [2.05, 4.69) is 5.10 Å². The zero-order chi connectivity index (χ0) is 14.9. The van der Waals surface area contributed by atoms with Crippen LogP contribution in [0.1, 0.15) is 34.7 Å². The first-order chi connectivity index (χ1) is 9.51. The van der Waals surface area contributed by atoms with Crippen LogP contribution in [0.3, 0.4) is 0 Å². The molecule has 7 heteroatoms. The van der Waals surface area contributed by atoms with Crippen LogP contribution in [0, 0.1) is 0 Å². The molecule has 0 atom stereocenters. The van der Waals surface area contributed by atoms with Crippen molar-refractivity contribution in [2.45, 2.75) is 13.8 Å². The lowest BCUT2D eigenvalue weighted by molar-refractivity contribution is 0.0697. The Balaban J connectivity index is 0.00000220. The zero-order valence-corrected chi connectivity index (χ0v) is 13.0. The summed E-state index contributed by atoms with van der Waals surface area (Å²) in [5, 5.41) is 13.9. The number of carboxylic acids is 1. The Morgan fingerprint density at radius 2 is 1.90 bits per heavy atom. The third kappa shape index (κ3) is 2.85. The number of aryl methyl sites for hydroxylation is 1. The van der Waals surface area contributed by atoms with Crippen molar-refractivity contribution in [3.8, 4) is 0 Å². The van der Waals surface area contributed by atoms with Crippen molar-refractivity contribution in [2.24, 2.45) is 7.05 Å². The van der Waals surface area contributed by atoms with Crippen molar-refractivity contribution in [1.29, 1.82) is 0 Å². The largest absolute Gasteiger partial charge is 0.478 e. The van der Waals surface area contributed by atoms with Gasteiger partial charge in [-0.15, -0.1) is 12.4 Å². The Kier molecular flexibility index (Phi) is 5.32. The fourth-order valence-electron chi connectivity index (χ4n) is 2.30. The fraction of sp³-hybridized carbons (Fsp3) is 0.357. The second-order valence-corrected chi connectivity index (χ2v) is 4.46. The van der Waals surface area contributed by atoms with Gasteiger partial charge in [0.05, 0.1) is 5.56 Å². The van der Waals surface area contributed by atoms with Gasteiger partial charge in [-0.2, -0.15) is 5.10 Å². The zero-order valence-electron chi connectivity index (χ0n) is 12.2. The number of carboxylic acid groups (broad SMARTS) is 1. The van der Waals surface area contributed by atoms with Gasteiger partial charge >= 0.3 is 5.97 Å². The highest BCUT2D eigenvalue weighted by atomic mass is 35.5. The molecule has 0 radical (unpaired) electrons. The van der Waals surface area contributed by atoms with Gasteiger partial charge in [0.2, 0.25) is 0 Å². The molecule has 114 valence electrons. The van der Waals surface area contributed by atoms with E-state index in [0.29, 0.717) is 29.7 Å². The SMILES string of the molecule is CCN(CC)C(=O)c1c2cccc(C(=O)O)c2nn1C.Cl. The van der Waals surface area contributed by atoms with Crippen LogP contribution in [-0.4, -0.2) is 44.8 Å². The molecule has 0 aliphatic carbocycles. The fourth-order valence-corrected chi connectivity index (χ4v) is 2.30. The molecule has 0 aliphatic heterocycles. The number of halogens is 1. The van der Waals surface area contributed by atoms with E-state index in [0.717, 1.165) is 0 Å². The van der Waals surface area contributed by atoms with Crippen LogP contribution in [0.25, 0.3) is 10.9 Å². The average molecular weight is 312 g/mol. The van der Waals surface area contributed by atoms with Gasteiger partial charge in [-0.25, -0.2) is 4.79 Å². The minimum absolute atomic E-state index is 0.